The van der Waals surface area contributed by atoms with Gasteiger partial charge in [-0.05, 0) is 62.7 Å². The number of ether oxygens (including phenoxy) is 1. The zero-order valence-electron chi connectivity index (χ0n) is 14.5. The van der Waals surface area contributed by atoms with Crippen LogP contribution in [-0.2, 0) is 6.42 Å². The molecule has 1 amide bonds. The number of hydrogen-bond acceptors (Lipinski definition) is 4. The van der Waals surface area contributed by atoms with Crippen molar-refractivity contribution in [2.45, 2.75) is 33.3 Å². The van der Waals surface area contributed by atoms with E-state index in [0.29, 0.717) is 5.56 Å². The molecule has 1 atom stereocenters. The molecule has 0 aliphatic carbocycles. The Hall–Kier alpha value is -2.95. The second-order valence-corrected chi connectivity index (χ2v) is 6.51. The Kier molecular flexibility index (Phi) is 3.64. The monoisotopic (exact) mass is 333 g/mol. The lowest BCUT2D eigenvalue weighted by Gasteiger charge is -2.08. The third-order valence-electron chi connectivity index (χ3n) is 4.49. The van der Waals surface area contributed by atoms with Crippen LogP contribution in [-0.4, -0.2) is 22.0 Å². The Morgan fingerprint density at radius 2 is 1.84 bits per heavy atom. The Morgan fingerprint density at radius 3 is 2.64 bits per heavy atom. The van der Waals surface area contributed by atoms with Crippen molar-refractivity contribution in [3.05, 3.63) is 58.9 Å². The van der Waals surface area contributed by atoms with Gasteiger partial charge in [-0.1, -0.05) is 0 Å². The molecule has 0 radical (unpaired) electrons. The molecule has 3 aromatic rings. The summed E-state index contributed by atoms with van der Waals surface area (Å²) in [5.41, 5.74) is 5.76. The minimum Gasteiger partial charge on any atom is -0.490 e. The summed E-state index contributed by atoms with van der Waals surface area (Å²) in [5.74, 6) is 0.742. The number of nitrogens with one attached hydrogen (secondary N) is 1. The zero-order valence-corrected chi connectivity index (χ0v) is 14.5. The largest absolute Gasteiger partial charge is 0.490 e. The van der Waals surface area contributed by atoms with Gasteiger partial charge in [0.05, 0.1) is 22.4 Å². The Bertz CT molecular complexity index is 998. The van der Waals surface area contributed by atoms with Gasteiger partial charge in [-0.25, -0.2) is 9.97 Å². The van der Waals surface area contributed by atoms with Gasteiger partial charge in [0.25, 0.3) is 5.91 Å². The van der Waals surface area contributed by atoms with Crippen LogP contribution in [0.4, 0.5) is 5.69 Å². The number of amides is 1. The molecule has 0 bridgehead atoms. The Labute approximate surface area is 146 Å². The molecule has 0 saturated carbocycles. The van der Waals surface area contributed by atoms with Crippen molar-refractivity contribution < 1.29 is 9.53 Å². The minimum atomic E-state index is -0.158. The number of hydrogen-bond donors (Lipinski definition) is 1. The molecule has 2 heterocycles. The summed E-state index contributed by atoms with van der Waals surface area (Å²) >= 11 is 0. The van der Waals surface area contributed by atoms with Crippen LogP contribution in [0.25, 0.3) is 11.0 Å². The second-order valence-electron chi connectivity index (χ2n) is 6.51. The first-order chi connectivity index (χ1) is 12.0. The van der Waals surface area contributed by atoms with E-state index in [1.54, 1.807) is 12.1 Å². The average Bonchev–Trinajstić information content (AvgIpc) is 2.94. The smallest absolute Gasteiger partial charge is 0.255 e. The van der Waals surface area contributed by atoms with E-state index in [9.17, 15) is 4.79 Å². The van der Waals surface area contributed by atoms with Crippen LogP contribution in [0.5, 0.6) is 5.75 Å². The van der Waals surface area contributed by atoms with Crippen molar-refractivity contribution in [3.8, 4) is 5.75 Å². The number of carbonyl (C=O) groups is 1. The van der Waals surface area contributed by atoms with Gasteiger partial charge < -0.3 is 10.1 Å². The van der Waals surface area contributed by atoms with Gasteiger partial charge in [-0.15, -0.1) is 0 Å². The molecule has 25 heavy (non-hydrogen) atoms. The standard InChI is InChI=1S/C20H19N3O2/c1-11-8-15-9-16(5-7-19(15)25-11)23-20(24)14-4-6-17-18(10-14)22-13(3)12(2)21-17/h4-7,9-11H,8H2,1-3H3,(H,23,24). The highest BCUT2D eigenvalue weighted by Crippen LogP contribution is 2.31. The van der Waals surface area contributed by atoms with Gasteiger partial charge in [-0.3, -0.25) is 4.79 Å². The molecule has 4 rings (SSSR count). The van der Waals surface area contributed by atoms with E-state index in [-0.39, 0.29) is 12.0 Å². The molecule has 126 valence electrons. The summed E-state index contributed by atoms with van der Waals surface area (Å²) in [6, 6.07) is 11.1. The number of anilines is 1. The zero-order chi connectivity index (χ0) is 17.6. The maximum absolute atomic E-state index is 12.6. The van der Waals surface area contributed by atoms with Gasteiger partial charge in [-0.2, -0.15) is 0 Å². The van der Waals surface area contributed by atoms with Crippen LogP contribution >= 0.6 is 0 Å². The second kappa shape index (κ2) is 5.84. The molecule has 1 N–H and O–H groups in total. The summed E-state index contributed by atoms with van der Waals surface area (Å²) < 4.78 is 5.69. The normalized spacial score (nSPS) is 15.7. The van der Waals surface area contributed by atoms with E-state index in [4.69, 9.17) is 4.74 Å². The SMILES string of the molecule is Cc1nc2ccc(C(=O)Nc3ccc4c(c3)CC(C)O4)cc2nc1C. The summed E-state index contributed by atoms with van der Waals surface area (Å²) in [4.78, 5) is 21.6. The number of aryl methyl sites for hydroxylation is 2. The first kappa shape index (κ1) is 15.6. The third-order valence-corrected chi connectivity index (χ3v) is 4.49. The molecule has 0 saturated heterocycles. The maximum Gasteiger partial charge on any atom is 0.255 e. The van der Waals surface area contributed by atoms with Crippen molar-refractivity contribution in [1.29, 1.82) is 0 Å². The quantitative estimate of drug-likeness (QED) is 0.774. The summed E-state index contributed by atoms with van der Waals surface area (Å²) in [5, 5.41) is 2.95. The molecular formula is C20H19N3O2. The summed E-state index contributed by atoms with van der Waals surface area (Å²) in [6.07, 6.45) is 1.05. The molecule has 1 aromatic heterocycles. The molecule has 1 unspecified atom stereocenters. The number of benzene rings is 2. The predicted octanol–water partition coefficient (Wildman–Crippen LogP) is 3.82. The summed E-state index contributed by atoms with van der Waals surface area (Å²) in [7, 11) is 0. The molecule has 5 nitrogen and oxygen atoms in total. The van der Waals surface area contributed by atoms with Crippen molar-refractivity contribution >= 4 is 22.6 Å². The van der Waals surface area contributed by atoms with E-state index < -0.39 is 0 Å². The first-order valence-electron chi connectivity index (χ1n) is 8.35. The van der Waals surface area contributed by atoms with Crippen LogP contribution in [0.15, 0.2) is 36.4 Å². The van der Waals surface area contributed by atoms with Crippen LogP contribution in [0.3, 0.4) is 0 Å². The minimum absolute atomic E-state index is 0.158. The fourth-order valence-electron chi connectivity index (χ4n) is 3.07. The van der Waals surface area contributed by atoms with Crippen molar-refractivity contribution in [1.82, 2.24) is 9.97 Å². The highest BCUT2D eigenvalue weighted by molar-refractivity contribution is 6.06. The predicted molar refractivity (Wildman–Crippen MR) is 97.2 cm³/mol. The molecule has 5 heteroatoms. The number of nitrogens with zero attached hydrogens (tertiary/aromatic N) is 2. The van der Waals surface area contributed by atoms with Crippen molar-refractivity contribution in [2.75, 3.05) is 5.32 Å². The van der Waals surface area contributed by atoms with Crippen molar-refractivity contribution in [2.24, 2.45) is 0 Å². The van der Waals surface area contributed by atoms with Gasteiger partial charge in [0.1, 0.15) is 11.9 Å². The average molecular weight is 333 g/mol. The van der Waals surface area contributed by atoms with E-state index in [0.717, 1.165) is 45.8 Å². The molecule has 0 spiro atoms. The van der Waals surface area contributed by atoms with E-state index in [1.165, 1.54) is 0 Å². The van der Waals surface area contributed by atoms with E-state index >= 15 is 0 Å². The first-order valence-corrected chi connectivity index (χ1v) is 8.35. The lowest BCUT2D eigenvalue weighted by atomic mass is 10.1. The van der Waals surface area contributed by atoms with Crippen LogP contribution in [0.1, 0.15) is 34.2 Å². The molecule has 2 aromatic carbocycles. The van der Waals surface area contributed by atoms with Gasteiger partial charge in [0.15, 0.2) is 0 Å². The topological polar surface area (TPSA) is 64.1 Å². The highest BCUT2D eigenvalue weighted by atomic mass is 16.5. The van der Waals surface area contributed by atoms with Crippen LogP contribution in [0, 0.1) is 13.8 Å². The lowest BCUT2D eigenvalue weighted by molar-refractivity contribution is 0.102. The molecule has 1 aliphatic rings. The number of aromatic nitrogens is 2. The molecule has 0 fully saturated rings. The lowest BCUT2D eigenvalue weighted by Crippen LogP contribution is -2.12. The number of fused-ring (bicyclic) bond motifs is 2. The fraction of sp³-hybridized carbons (Fsp3) is 0.250. The van der Waals surface area contributed by atoms with Gasteiger partial charge >= 0.3 is 0 Å². The van der Waals surface area contributed by atoms with Crippen molar-refractivity contribution in [3.63, 3.8) is 0 Å². The van der Waals surface area contributed by atoms with Crippen LogP contribution in [0.2, 0.25) is 0 Å². The van der Waals surface area contributed by atoms with E-state index in [1.807, 2.05) is 45.0 Å². The van der Waals surface area contributed by atoms with Crippen LogP contribution < -0.4 is 10.1 Å². The summed E-state index contributed by atoms with van der Waals surface area (Å²) in [6.45, 7) is 5.89. The third kappa shape index (κ3) is 2.93. The Morgan fingerprint density at radius 1 is 1.08 bits per heavy atom. The Balaban J connectivity index is 1.60. The van der Waals surface area contributed by atoms with Gasteiger partial charge in [0.2, 0.25) is 0 Å². The molecule has 1 aliphatic heterocycles. The van der Waals surface area contributed by atoms with Gasteiger partial charge in [0, 0.05) is 17.7 Å². The molecular weight excluding hydrogens is 314 g/mol. The fourth-order valence-corrected chi connectivity index (χ4v) is 3.07. The number of carbonyl (C=O) groups excluding carboxylic acids is 1. The maximum atomic E-state index is 12.6. The number of rotatable bonds is 2. The van der Waals surface area contributed by atoms with E-state index in [2.05, 4.69) is 15.3 Å². The highest BCUT2D eigenvalue weighted by Gasteiger charge is 2.19.